The molecule has 0 aliphatic carbocycles. The summed E-state index contributed by atoms with van der Waals surface area (Å²) in [5.74, 6) is 0.475. The summed E-state index contributed by atoms with van der Waals surface area (Å²) < 4.78 is 0. The highest BCUT2D eigenvalue weighted by atomic mass is 16.6. The number of nitro groups is 1. The van der Waals surface area contributed by atoms with Crippen LogP contribution < -0.4 is 5.32 Å². The number of hydrogen-bond donors (Lipinski definition) is 1. The Bertz CT molecular complexity index is 208. The third-order valence-corrected chi connectivity index (χ3v) is 1.11. The van der Waals surface area contributed by atoms with E-state index in [4.69, 9.17) is 0 Å². The van der Waals surface area contributed by atoms with Crippen molar-refractivity contribution in [1.82, 2.24) is 5.32 Å². The molecule has 0 rings (SSSR count). The number of allylic oxidation sites excluding steroid dienone is 1. The van der Waals surface area contributed by atoms with Crippen molar-refractivity contribution < 1.29 is 4.92 Å². The lowest BCUT2D eigenvalue weighted by atomic mass is 10.5. The van der Waals surface area contributed by atoms with Gasteiger partial charge in [0.2, 0.25) is 0 Å². The van der Waals surface area contributed by atoms with E-state index in [1.807, 2.05) is 0 Å². The Hall–Kier alpha value is -1.39. The van der Waals surface area contributed by atoms with E-state index in [-0.39, 0.29) is 5.82 Å². The highest BCUT2D eigenvalue weighted by molar-refractivity contribution is 5.80. The Morgan fingerprint density at radius 3 is 2.55 bits per heavy atom. The summed E-state index contributed by atoms with van der Waals surface area (Å²) in [7, 11) is 1.57. The predicted molar refractivity (Wildman–Crippen MR) is 42.9 cm³/mol. The Labute approximate surface area is 65.0 Å². The van der Waals surface area contributed by atoms with Crippen LogP contribution in [0.1, 0.15) is 13.8 Å². The van der Waals surface area contributed by atoms with Crippen molar-refractivity contribution in [2.45, 2.75) is 13.8 Å². The fraction of sp³-hybridized carbons (Fsp3) is 0.500. The van der Waals surface area contributed by atoms with Gasteiger partial charge in [-0.25, -0.2) is 5.32 Å². The Kier molecular flexibility index (Phi) is 3.87. The molecule has 0 fully saturated rings. The zero-order valence-electron chi connectivity index (χ0n) is 6.79. The van der Waals surface area contributed by atoms with Crippen molar-refractivity contribution in [3.8, 4) is 0 Å². The summed E-state index contributed by atoms with van der Waals surface area (Å²) in [6.45, 7) is 3.25. The summed E-state index contributed by atoms with van der Waals surface area (Å²) in [5, 5.41) is 12.7. The molecule has 0 saturated heterocycles. The van der Waals surface area contributed by atoms with Gasteiger partial charge in [0.05, 0.1) is 0 Å². The van der Waals surface area contributed by atoms with Crippen molar-refractivity contribution in [1.29, 1.82) is 0 Å². The molecule has 0 unspecified atom stereocenters. The van der Waals surface area contributed by atoms with E-state index in [9.17, 15) is 10.1 Å². The molecule has 0 aliphatic heterocycles. The molecular formula is C6H11N3O2. The molecule has 0 atom stereocenters. The van der Waals surface area contributed by atoms with Crippen LogP contribution >= 0.6 is 0 Å². The third-order valence-electron chi connectivity index (χ3n) is 1.11. The first kappa shape index (κ1) is 9.61. The SMILES string of the molecule is C/C=C(\NC(C)=NC)[N+](=O)[O-]. The number of nitrogens with zero attached hydrogens (tertiary/aromatic N) is 2. The van der Waals surface area contributed by atoms with Crippen molar-refractivity contribution in [3.05, 3.63) is 22.0 Å². The zero-order valence-corrected chi connectivity index (χ0v) is 6.79. The average molecular weight is 157 g/mol. The maximum atomic E-state index is 10.2. The van der Waals surface area contributed by atoms with E-state index in [2.05, 4.69) is 10.3 Å². The molecule has 0 aromatic rings. The number of amidine groups is 1. The van der Waals surface area contributed by atoms with Gasteiger partial charge in [0.15, 0.2) is 5.84 Å². The summed E-state index contributed by atoms with van der Waals surface area (Å²) in [5.41, 5.74) is 0. The minimum atomic E-state index is -0.491. The van der Waals surface area contributed by atoms with Gasteiger partial charge >= 0.3 is 5.82 Å². The predicted octanol–water partition coefficient (Wildman–Crippen LogP) is 0.762. The van der Waals surface area contributed by atoms with Crippen LogP contribution in [0.4, 0.5) is 0 Å². The second kappa shape index (κ2) is 4.43. The number of hydrogen-bond acceptors (Lipinski definition) is 3. The molecule has 0 spiro atoms. The van der Waals surface area contributed by atoms with E-state index in [1.165, 1.54) is 6.08 Å². The summed E-state index contributed by atoms with van der Waals surface area (Å²) in [6, 6.07) is 0. The maximum Gasteiger partial charge on any atom is 0.317 e. The lowest BCUT2D eigenvalue weighted by molar-refractivity contribution is -0.429. The number of rotatable bonds is 2. The lowest BCUT2D eigenvalue weighted by Gasteiger charge is -1.99. The van der Waals surface area contributed by atoms with Crippen LogP contribution in [0, 0.1) is 10.1 Å². The Morgan fingerprint density at radius 1 is 1.73 bits per heavy atom. The van der Waals surface area contributed by atoms with Gasteiger partial charge in [0.25, 0.3) is 0 Å². The van der Waals surface area contributed by atoms with Crippen LogP contribution in [0.2, 0.25) is 0 Å². The highest BCUT2D eigenvalue weighted by Gasteiger charge is 2.06. The normalized spacial score (nSPS) is 13.0. The third kappa shape index (κ3) is 3.34. The van der Waals surface area contributed by atoms with Crippen LogP contribution in [-0.2, 0) is 0 Å². The van der Waals surface area contributed by atoms with Crippen molar-refractivity contribution in [2.75, 3.05) is 7.05 Å². The molecule has 11 heavy (non-hydrogen) atoms. The molecular weight excluding hydrogens is 146 g/mol. The van der Waals surface area contributed by atoms with E-state index >= 15 is 0 Å². The molecule has 0 aliphatic rings. The summed E-state index contributed by atoms with van der Waals surface area (Å²) in [6.07, 6.45) is 1.38. The lowest BCUT2D eigenvalue weighted by Crippen LogP contribution is -2.24. The first-order valence-corrected chi connectivity index (χ1v) is 3.13. The quantitative estimate of drug-likeness (QED) is 0.278. The van der Waals surface area contributed by atoms with Crippen molar-refractivity contribution in [2.24, 2.45) is 4.99 Å². The largest absolute Gasteiger partial charge is 0.358 e. The molecule has 0 saturated carbocycles. The highest BCUT2D eigenvalue weighted by Crippen LogP contribution is 1.88. The molecule has 0 aromatic carbocycles. The second-order valence-corrected chi connectivity index (χ2v) is 1.87. The van der Waals surface area contributed by atoms with E-state index < -0.39 is 4.92 Å². The van der Waals surface area contributed by atoms with E-state index in [1.54, 1.807) is 20.9 Å². The molecule has 0 heterocycles. The fourth-order valence-corrected chi connectivity index (χ4v) is 0.464. The zero-order chi connectivity index (χ0) is 8.85. The smallest absolute Gasteiger partial charge is 0.317 e. The van der Waals surface area contributed by atoms with E-state index in [0.29, 0.717) is 5.84 Å². The molecule has 5 heteroatoms. The van der Waals surface area contributed by atoms with Crippen molar-refractivity contribution in [3.63, 3.8) is 0 Å². The van der Waals surface area contributed by atoms with Crippen LogP contribution in [-0.4, -0.2) is 17.8 Å². The van der Waals surface area contributed by atoms with Crippen LogP contribution in [0.25, 0.3) is 0 Å². The first-order chi connectivity index (χ1) is 5.11. The summed E-state index contributed by atoms with van der Waals surface area (Å²) >= 11 is 0. The minimum Gasteiger partial charge on any atom is -0.358 e. The van der Waals surface area contributed by atoms with Crippen LogP contribution in [0.5, 0.6) is 0 Å². The van der Waals surface area contributed by atoms with Gasteiger partial charge in [-0.1, -0.05) is 0 Å². The second-order valence-electron chi connectivity index (χ2n) is 1.87. The van der Waals surface area contributed by atoms with Gasteiger partial charge in [-0.15, -0.1) is 0 Å². The maximum absolute atomic E-state index is 10.2. The van der Waals surface area contributed by atoms with Gasteiger partial charge in [-0.2, -0.15) is 0 Å². The Balaban J connectivity index is 4.23. The number of aliphatic imine (C=N–C) groups is 1. The summed E-state index contributed by atoms with van der Waals surface area (Å²) in [4.78, 5) is 13.4. The first-order valence-electron chi connectivity index (χ1n) is 3.13. The average Bonchev–Trinajstić information content (AvgIpc) is 1.99. The van der Waals surface area contributed by atoms with Gasteiger partial charge in [0.1, 0.15) is 0 Å². The Morgan fingerprint density at radius 2 is 2.27 bits per heavy atom. The molecule has 0 amide bonds. The minimum absolute atomic E-state index is 0.0481. The van der Waals surface area contributed by atoms with Crippen LogP contribution in [0.3, 0.4) is 0 Å². The molecule has 0 radical (unpaired) electrons. The van der Waals surface area contributed by atoms with Gasteiger partial charge in [-0.05, 0) is 11.8 Å². The molecule has 0 bridgehead atoms. The standard InChI is InChI=1S/C6H11N3O2/c1-4-6(9(10)11)8-5(2)7-3/h4H,1-3H3,(H,7,8)/b6-4+. The molecule has 1 N–H and O–H groups in total. The van der Waals surface area contributed by atoms with E-state index in [0.717, 1.165) is 0 Å². The molecule has 0 aromatic heterocycles. The van der Waals surface area contributed by atoms with Crippen LogP contribution in [0.15, 0.2) is 16.9 Å². The van der Waals surface area contributed by atoms with Gasteiger partial charge in [-0.3, -0.25) is 4.99 Å². The topological polar surface area (TPSA) is 67.5 Å². The number of nitrogens with one attached hydrogen (secondary N) is 1. The molecule has 62 valence electrons. The van der Waals surface area contributed by atoms with Gasteiger partial charge in [0, 0.05) is 20.0 Å². The fourth-order valence-electron chi connectivity index (χ4n) is 0.464. The molecule has 5 nitrogen and oxygen atoms in total. The van der Waals surface area contributed by atoms with Gasteiger partial charge < -0.3 is 10.1 Å². The van der Waals surface area contributed by atoms with Crippen molar-refractivity contribution >= 4 is 5.84 Å². The monoisotopic (exact) mass is 157 g/mol.